The van der Waals surface area contributed by atoms with Crippen molar-refractivity contribution in [1.29, 1.82) is 0 Å². The summed E-state index contributed by atoms with van der Waals surface area (Å²) in [6.45, 7) is 6.71. The van der Waals surface area contributed by atoms with Crippen LogP contribution in [0.25, 0.3) is 0 Å². The van der Waals surface area contributed by atoms with Crippen molar-refractivity contribution in [2.75, 3.05) is 6.54 Å². The predicted molar refractivity (Wildman–Crippen MR) is 85.8 cm³/mol. The third-order valence-electron chi connectivity index (χ3n) is 6.05. The van der Waals surface area contributed by atoms with E-state index in [0.717, 1.165) is 31.7 Å². The van der Waals surface area contributed by atoms with E-state index in [-0.39, 0.29) is 5.41 Å². The SMILES string of the molecule is CC1C2Cc3ccc(O)cc3C1(C)CCN2Cc1ccco1. The second kappa shape index (κ2) is 4.88. The van der Waals surface area contributed by atoms with Crippen LogP contribution in [0, 0.1) is 5.92 Å². The molecule has 1 fully saturated rings. The van der Waals surface area contributed by atoms with E-state index in [1.165, 1.54) is 11.1 Å². The molecule has 1 aliphatic heterocycles. The van der Waals surface area contributed by atoms with Crippen molar-refractivity contribution in [3.05, 3.63) is 53.5 Å². The fraction of sp³-hybridized carbons (Fsp3) is 0.474. The number of phenolic OH excluding ortho intramolecular Hbond substituents is 1. The molecule has 0 saturated carbocycles. The molecule has 0 radical (unpaired) electrons. The van der Waals surface area contributed by atoms with Gasteiger partial charge in [-0.25, -0.2) is 0 Å². The molecule has 3 nitrogen and oxygen atoms in total. The Morgan fingerprint density at radius 1 is 1.36 bits per heavy atom. The van der Waals surface area contributed by atoms with Gasteiger partial charge < -0.3 is 9.52 Å². The molecule has 2 bridgehead atoms. The lowest BCUT2D eigenvalue weighted by molar-refractivity contribution is 0.0217. The van der Waals surface area contributed by atoms with Gasteiger partial charge in [0.2, 0.25) is 0 Å². The number of hydrogen-bond donors (Lipinski definition) is 1. The van der Waals surface area contributed by atoms with Crippen molar-refractivity contribution in [2.45, 2.75) is 44.7 Å². The third kappa shape index (κ3) is 1.99. The van der Waals surface area contributed by atoms with E-state index < -0.39 is 0 Å². The van der Waals surface area contributed by atoms with Gasteiger partial charge in [0.1, 0.15) is 11.5 Å². The molecule has 3 unspecified atom stereocenters. The summed E-state index contributed by atoms with van der Waals surface area (Å²) in [6, 6.07) is 10.5. The molecule has 2 aromatic rings. The highest BCUT2D eigenvalue weighted by molar-refractivity contribution is 5.44. The molecule has 3 atom stereocenters. The van der Waals surface area contributed by atoms with Gasteiger partial charge in [0.05, 0.1) is 12.8 Å². The van der Waals surface area contributed by atoms with E-state index in [1.807, 2.05) is 18.2 Å². The van der Waals surface area contributed by atoms with E-state index in [1.54, 1.807) is 6.26 Å². The van der Waals surface area contributed by atoms with Crippen molar-refractivity contribution in [3.8, 4) is 5.75 Å². The molecule has 0 amide bonds. The Morgan fingerprint density at radius 3 is 3.00 bits per heavy atom. The quantitative estimate of drug-likeness (QED) is 0.918. The number of nitrogens with zero attached hydrogens (tertiary/aromatic N) is 1. The Balaban J connectivity index is 1.69. The molecule has 2 heterocycles. The molecular formula is C19H23NO2. The van der Waals surface area contributed by atoms with Crippen LogP contribution in [0.15, 0.2) is 41.0 Å². The van der Waals surface area contributed by atoms with E-state index in [0.29, 0.717) is 17.7 Å². The fourth-order valence-corrected chi connectivity index (χ4v) is 4.49. The summed E-state index contributed by atoms with van der Waals surface area (Å²) in [6.07, 6.45) is 3.95. The number of furan rings is 1. The zero-order valence-corrected chi connectivity index (χ0v) is 13.2. The summed E-state index contributed by atoms with van der Waals surface area (Å²) in [4.78, 5) is 2.57. The van der Waals surface area contributed by atoms with Crippen LogP contribution >= 0.6 is 0 Å². The van der Waals surface area contributed by atoms with Gasteiger partial charge in [-0.05, 0) is 66.1 Å². The van der Waals surface area contributed by atoms with Gasteiger partial charge in [0, 0.05) is 6.04 Å². The number of aromatic hydroxyl groups is 1. The van der Waals surface area contributed by atoms with Crippen LogP contribution in [0.5, 0.6) is 5.75 Å². The number of piperidine rings is 1. The zero-order chi connectivity index (χ0) is 15.3. The predicted octanol–water partition coefficient (Wildman–Crippen LogP) is 3.71. The first-order valence-corrected chi connectivity index (χ1v) is 8.17. The Morgan fingerprint density at radius 2 is 2.23 bits per heavy atom. The largest absolute Gasteiger partial charge is 0.508 e. The average molecular weight is 297 g/mol. The third-order valence-corrected chi connectivity index (χ3v) is 6.05. The summed E-state index contributed by atoms with van der Waals surface area (Å²) in [5.74, 6) is 2.02. The van der Waals surface area contributed by atoms with Gasteiger partial charge in [-0.15, -0.1) is 0 Å². The lowest BCUT2D eigenvalue weighted by Crippen LogP contribution is -2.57. The number of benzene rings is 1. The second-order valence-electron chi connectivity index (χ2n) is 7.12. The van der Waals surface area contributed by atoms with E-state index >= 15 is 0 Å². The molecule has 1 aliphatic carbocycles. The smallest absolute Gasteiger partial charge is 0.117 e. The number of likely N-dealkylation sites (tertiary alicyclic amines) is 1. The molecule has 22 heavy (non-hydrogen) atoms. The minimum absolute atomic E-state index is 0.163. The maximum absolute atomic E-state index is 9.89. The second-order valence-corrected chi connectivity index (χ2v) is 7.12. The molecule has 4 rings (SSSR count). The van der Waals surface area contributed by atoms with Crippen LogP contribution in [0.3, 0.4) is 0 Å². The van der Waals surface area contributed by atoms with Crippen LogP contribution in [-0.4, -0.2) is 22.6 Å². The molecule has 1 aromatic heterocycles. The van der Waals surface area contributed by atoms with Crippen LogP contribution in [0.4, 0.5) is 0 Å². The highest BCUT2D eigenvalue weighted by Gasteiger charge is 2.48. The fourth-order valence-electron chi connectivity index (χ4n) is 4.49. The first kappa shape index (κ1) is 13.9. The monoisotopic (exact) mass is 297 g/mol. The molecule has 1 saturated heterocycles. The van der Waals surface area contributed by atoms with Crippen molar-refractivity contribution in [1.82, 2.24) is 4.90 Å². The van der Waals surface area contributed by atoms with Crippen LogP contribution < -0.4 is 0 Å². The van der Waals surface area contributed by atoms with Crippen LogP contribution in [0.2, 0.25) is 0 Å². The van der Waals surface area contributed by atoms with Gasteiger partial charge >= 0.3 is 0 Å². The average Bonchev–Trinajstić information content (AvgIpc) is 3.00. The summed E-state index contributed by atoms with van der Waals surface area (Å²) in [7, 11) is 0. The Kier molecular flexibility index (Phi) is 3.08. The van der Waals surface area contributed by atoms with Gasteiger partial charge in [0.25, 0.3) is 0 Å². The number of hydrogen-bond acceptors (Lipinski definition) is 3. The van der Waals surface area contributed by atoms with Gasteiger partial charge in [0.15, 0.2) is 0 Å². The number of rotatable bonds is 2. The summed E-state index contributed by atoms with van der Waals surface area (Å²) < 4.78 is 5.54. The Labute approximate surface area is 131 Å². The van der Waals surface area contributed by atoms with E-state index in [2.05, 4.69) is 30.9 Å². The molecule has 2 aliphatic rings. The van der Waals surface area contributed by atoms with Crippen LogP contribution in [-0.2, 0) is 18.4 Å². The van der Waals surface area contributed by atoms with Crippen LogP contribution in [0.1, 0.15) is 37.2 Å². The molecule has 1 aromatic carbocycles. The van der Waals surface area contributed by atoms with Gasteiger partial charge in [-0.2, -0.15) is 0 Å². The number of fused-ring (bicyclic) bond motifs is 4. The number of phenols is 1. The molecule has 116 valence electrons. The minimum atomic E-state index is 0.163. The van der Waals surface area contributed by atoms with Crippen molar-refractivity contribution in [3.63, 3.8) is 0 Å². The Hall–Kier alpha value is -1.74. The lowest BCUT2D eigenvalue weighted by atomic mass is 9.59. The van der Waals surface area contributed by atoms with Gasteiger partial charge in [-0.1, -0.05) is 19.9 Å². The van der Waals surface area contributed by atoms with E-state index in [4.69, 9.17) is 4.42 Å². The zero-order valence-electron chi connectivity index (χ0n) is 13.2. The standard InChI is InChI=1S/C19H23NO2/c1-13-18-10-14-5-6-15(21)11-17(14)19(13,2)7-8-20(18)12-16-4-3-9-22-16/h3-6,9,11,13,18,21H,7-8,10,12H2,1-2H3. The molecular weight excluding hydrogens is 274 g/mol. The summed E-state index contributed by atoms with van der Waals surface area (Å²) in [5, 5.41) is 9.89. The summed E-state index contributed by atoms with van der Waals surface area (Å²) >= 11 is 0. The highest BCUT2D eigenvalue weighted by Crippen LogP contribution is 2.49. The maximum Gasteiger partial charge on any atom is 0.117 e. The first-order valence-electron chi connectivity index (χ1n) is 8.17. The topological polar surface area (TPSA) is 36.6 Å². The highest BCUT2D eigenvalue weighted by atomic mass is 16.3. The molecule has 0 spiro atoms. The first-order chi connectivity index (χ1) is 10.6. The van der Waals surface area contributed by atoms with Gasteiger partial charge in [-0.3, -0.25) is 4.90 Å². The minimum Gasteiger partial charge on any atom is -0.508 e. The Bertz CT molecular complexity index is 679. The van der Waals surface area contributed by atoms with E-state index in [9.17, 15) is 5.11 Å². The summed E-state index contributed by atoms with van der Waals surface area (Å²) in [5.41, 5.74) is 2.91. The lowest BCUT2D eigenvalue weighted by Gasteiger charge is -2.54. The normalized spacial score (nSPS) is 31.0. The maximum atomic E-state index is 9.89. The molecule has 3 heteroatoms. The molecule has 1 N–H and O–H groups in total. The van der Waals surface area contributed by atoms with Crippen molar-refractivity contribution >= 4 is 0 Å². The van der Waals surface area contributed by atoms with Crippen molar-refractivity contribution < 1.29 is 9.52 Å². The van der Waals surface area contributed by atoms with Crippen molar-refractivity contribution in [2.24, 2.45) is 5.92 Å².